The van der Waals surface area contributed by atoms with Crippen molar-refractivity contribution in [2.24, 2.45) is 7.05 Å². The summed E-state index contributed by atoms with van der Waals surface area (Å²) in [5, 5.41) is 3.34. The standard InChI is InChI=1S/C29H31F3N6/c1-19(20-8-5-4-6-9-20)34-28-33-15-12-24(35-28)26-25(22-10-7-11-23(18-22)29(30,31)32)36-27(38(26)3)21-13-16-37(2)17-14-21/h4-12,15,18-19,21H,13-14,16-17H2,1-3H3,(H,33,34,35). The number of benzene rings is 2. The van der Waals surface area contributed by atoms with E-state index in [1.807, 2.05) is 48.9 Å². The number of aromatic nitrogens is 4. The van der Waals surface area contributed by atoms with Crippen LogP contribution in [0, 0.1) is 0 Å². The van der Waals surface area contributed by atoms with Gasteiger partial charge in [0.2, 0.25) is 5.95 Å². The molecule has 0 bridgehead atoms. The van der Waals surface area contributed by atoms with Crippen LogP contribution in [0.15, 0.2) is 66.9 Å². The van der Waals surface area contributed by atoms with Gasteiger partial charge in [-0.05, 0) is 63.7 Å². The van der Waals surface area contributed by atoms with Gasteiger partial charge in [-0.15, -0.1) is 0 Å². The Hall–Kier alpha value is -3.72. The zero-order valence-corrected chi connectivity index (χ0v) is 21.7. The minimum absolute atomic E-state index is 0.0317. The topological polar surface area (TPSA) is 58.9 Å². The number of rotatable bonds is 6. The summed E-state index contributed by atoms with van der Waals surface area (Å²) in [7, 11) is 4.02. The largest absolute Gasteiger partial charge is 0.416 e. The fraction of sp³-hybridized carbons (Fsp3) is 0.345. The van der Waals surface area contributed by atoms with E-state index < -0.39 is 11.7 Å². The van der Waals surface area contributed by atoms with Crippen LogP contribution in [-0.2, 0) is 13.2 Å². The number of anilines is 1. The van der Waals surface area contributed by atoms with Gasteiger partial charge in [0.25, 0.3) is 0 Å². The van der Waals surface area contributed by atoms with E-state index in [1.165, 1.54) is 12.1 Å². The summed E-state index contributed by atoms with van der Waals surface area (Å²) in [5.74, 6) is 1.52. The van der Waals surface area contributed by atoms with Gasteiger partial charge in [-0.25, -0.2) is 15.0 Å². The molecule has 198 valence electrons. The average Bonchev–Trinajstić information content (AvgIpc) is 3.26. The smallest absolute Gasteiger partial charge is 0.348 e. The molecule has 1 atom stereocenters. The second-order valence-corrected chi connectivity index (χ2v) is 9.92. The molecule has 1 aliphatic heterocycles. The van der Waals surface area contributed by atoms with Crippen molar-refractivity contribution in [2.45, 2.75) is 37.9 Å². The number of alkyl halides is 3. The summed E-state index contributed by atoms with van der Waals surface area (Å²) < 4.78 is 42.7. The summed E-state index contributed by atoms with van der Waals surface area (Å²) in [6.45, 7) is 3.93. The van der Waals surface area contributed by atoms with Crippen LogP contribution in [-0.4, -0.2) is 44.6 Å². The molecule has 38 heavy (non-hydrogen) atoms. The van der Waals surface area contributed by atoms with Gasteiger partial charge in [0.05, 0.1) is 28.7 Å². The van der Waals surface area contributed by atoms with Crippen molar-refractivity contribution in [3.05, 3.63) is 83.8 Å². The third-order valence-electron chi connectivity index (χ3n) is 7.22. The van der Waals surface area contributed by atoms with Crippen molar-refractivity contribution in [1.29, 1.82) is 0 Å². The molecule has 1 N–H and O–H groups in total. The van der Waals surface area contributed by atoms with E-state index >= 15 is 0 Å². The molecule has 1 fully saturated rings. The number of halogens is 3. The number of nitrogens with zero attached hydrogens (tertiary/aromatic N) is 5. The molecule has 6 nitrogen and oxygen atoms in total. The first-order chi connectivity index (χ1) is 18.2. The lowest BCUT2D eigenvalue weighted by atomic mass is 9.96. The Bertz CT molecular complexity index is 1390. The fourth-order valence-corrected chi connectivity index (χ4v) is 5.06. The highest BCUT2D eigenvalue weighted by Gasteiger charge is 2.32. The van der Waals surface area contributed by atoms with Crippen molar-refractivity contribution in [2.75, 3.05) is 25.5 Å². The Balaban J connectivity index is 1.58. The number of hydrogen-bond acceptors (Lipinski definition) is 5. The molecule has 0 aliphatic carbocycles. The van der Waals surface area contributed by atoms with Gasteiger partial charge < -0.3 is 14.8 Å². The Morgan fingerprint density at radius 1 is 0.947 bits per heavy atom. The van der Waals surface area contributed by atoms with Crippen LogP contribution < -0.4 is 5.32 Å². The first kappa shape index (κ1) is 25.9. The maximum Gasteiger partial charge on any atom is 0.416 e. The third kappa shape index (κ3) is 5.43. The van der Waals surface area contributed by atoms with Crippen LogP contribution in [0.5, 0.6) is 0 Å². The SMILES string of the molecule is CC(Nc1nccc(-c2c(-c3cccc(C(F)(F)F)c3)nc(C3CCN(C)CC3)n2C)n1)c1ccccc1. The van der Waals surface area contributed by atoms with Crippen LogP contribution in [0.4, 0.5) is 19.1 Å². The monoisotopic (exact) mass is 520 g/mol. The Kier molecular flexibility index (Phi) is 7.21. The zero-order chi connectivity index (χ0) is 26.9. The number of piperidine rings is 1. The fourth-order valence-electron chi connectivity index (χ4n) is 5.06. The second kappa shape index (κ2) is 10.6. The van der Waals surface area contributed by atoms with Crippen LogP contribution >= 0.6 is 0 Å². The third-order valence-corrected chi connectivity index (χ3v) is 7.22. The van der Waals surface area contributed by atoms with Gasteiger partial charge in [0.1, 0.15) is 5.82 Å². The highest BCUT2D eigenvalue weighted by atomic mass is 19.4. The zero-order valence-electron chi connectivity index (χ0n) is 21.7. The predicted molar refractivity (Wildman–Crippen MR) is 143 cm³/mol. The molecule has 2 aromatic carbocycles. The predicted octanol–water partition coefficient (Wildman–Crippen LogP) is 6.55. The molecule has 4 aromatic rings. The molecule has 1 unspecified atom stereocenters. The van der Waals surface area contributed by atoms with E-state index in [-0.39, 0.29) is 12.0 Å². The Morgan fingerprint density at radius 2 is 1.68 bits per heavy atom. The maximum atomic E-state index is 13.6. The van der Waals surface area contributed by atoms with E-state index in [2.05, 4.69) is 22.2 Å². The highest BCUT2D eigenvalue weighted by molar-refractivity contribution is 5.78. The molecule has 9 heteroatoms. The molecule has 0 saturated carbocycles. The van der Waals surface area contributed by atoms with Gasteiger partial charge >= 0.3 is 6.18 Å². The lowest BCUT2D eigenvalue weighted by molar-refractivity contribution is -0.137. The van der Waals surface area contributed by atoms with Crippen LogP contribution in [0.3, 0.4) is 0 Å². The Morgan fingerprint density at radius 3 is 2.39 bits per heavy atom. The van der Waals surface area contributed by atoms with Crippen LogP contribution in [0.2, 0.25) is 0 Å². The Labute approximate surface area is 220 Å². The molecular weight excluding hydrogens is 489 g/mol. The van der Waals surface area contributed by atoms with Gasteiger partial charge in [-0.1, -0.05) is 42.5 Å². The molecular formula is C29H31F3N6. The summed E-state index contributed by atoms with van der Waals surface area (Å²) in [6, 6.07) is 17.1. The number of likely N-dealkylation sites (tertiary alicyclic amines) is 1. The molecule has 1 aliphatic rings. The van der Waals surface area contributed by atoms with Gasteiger partial charge in [0.15, 0.2) is 0 Å². The van der Waals surface area contributed by atoms with E-state index in [0.717, 1.165) is 43.4 Å². The maximum absolute atomic E-state index is 13.6. The first-order valence-corrected chi connectivity index (χ1v) is 12.8. The molecule has 5 rings (SSSR count). The average molecular weight is 521 g/mol. The van der Waals surface area contributed by atoms with E-state index in [0.29, 0.717) is 28.6 Å². The van der Waals surface area contributed by atoms with E-state index in [4.69, 9.17) is 9.97 Å². The normalized spacial score (nSPS) is 15.9. The number of nitrogens with one attached hydrogen (secondary N) is 1. The van der Waals surface area contributed by atoms with Crippen molar-refractivity contribution in [3.63, 3.8) is 0 Å². The first-order valence-electron chi connectivity index (χ1n) is 12.8. The molecule has 0 radical (unpaired) electrons. The summed E-state index contributed by atoms with van der Waals surface area (Å²) >= 11 is 0. The minimum atomic E-state index is -4.44. The second-order valence-electron chi connectivity index (χ2n) is 9.92. The summed E-state index contributed by atoms with van der Waals surface area (Å²) in [5.41, 5.74) is 2.58. The van der Waals surface area contributed by atoms with Gasteiger partial charge in [-0.2, -0.15) is 13.2 Å². The van der Waals surface area contributed by atoms with E-state index in [9.17, 15) is 13.2 Å². The van der Waals surface area contributed by atoms with Crippen molar-refractivity contribution in [3.8, 4) is 22.6 Å². The highest BCUT2D eigenvalue weighted by Crippen LogP contribution is 2.38. The molecule has 0 spiro atoms. The molecule has 3 heterocycles. The minimum Gasteiger partial charge on any atom is -0.348 e. The van der Waals surface area contributed by atoms with Gasteiger partial charge in [-0.3, -0.25) is 0 Å². The van der Waals surface area contributed by atoms with Crippen molar-refractivity contribution in [1.82, 2.24) is 24.4 Å². The van der Waals surface area contributed by atoms with Gasteiger partial charge in [0, 0.05) is 24.7 Å². The van der Waals surface area contributed by atoms with Crippen LogP contribution in [0.1, 0.15) is 48.7 Å². The molecule has 2 aromatic heterocycles. The molecule has 0 amide bonds. The lowest BCUT2D eigenvalue weighted by Crippen LogP contribution is -2.30. The van der Waals surface area contributed by atoms with Crippen molar-refractivity contribution < 1.29 is 13.2 Å². The van der Waals surface area contributed by atoms with E-state index in [1.54, 1.807) is 18.3 Å². The quantitative estimate of drug-likeness (QED) is 0.313. The van der Waals surface area contributed by atoms with Crippen LogP contribution in [0.25, 0.3) is 22.6 Å². The lowest BCUT2D eigenvalue weighted by Gasteiger charge is -2.28. The summed E-state index contributed by atoms with van der Waals surface area (Å²) in [6.07, 6.45) is -0.899. The number of hydrogen-bond donors (Lipinski definition) is 1. The molecule has 1 saturated heterocycles. The number of imidazole rings is 1. The van der Waals surface area contributed by atoms with Crippen molar-refractivity contribution >= 4 is 5.95 Å². The summed E-state index contributed by atoms with van der Waals surface area (Å²) in [4.78, 5) is 16.4.